The molecule has 0 aliphatic rings. The number of rotatable bonds is 1. The molecular formula is C13H12N4O2. The smallest absolute Gasteiger partial charge is 0.258 e. The van der Waals surface area contributed by atoms with Crippen molar-refractivity contribution in [2.24, 2.45) is 7.05 Å². The Balaban J connectivity index is 2.35. The number of phenols is 1. The van der Waals surface area contributed by atoms with Gasteiger partial charge in [0.15, 0.2) is 0 Å². The van der Waals surface area contributed by atoms with E-state index < -0.39 is 0 Å². The molecule has 0 amide bonds. The molecule has 0 fully saturated rings. The van der Waals surface area contributed by atoms with Crippen LogP contribution in [0.4, 0.5) is 0 Å². The Kier molecular flexibility index (Phi) is 2.38. The number of benzene rings is 1. The average Bonchev–Trinajstić information content (AvgIpc) is 2.71. The van der Waals surface area contributed by atoms with E-state index in [0.29, 0.717) is 10.9 Å². The normalized spacial score (nSPS) is 11.1. The molecule has 6 nitrogen and oxygen atoms in total. The predicted molar refractivity (Wildman–Crippen MR) is 71.0 cm³/mol. The molecule has 2 N–H and O–H groups in total. The van der Waals surface area contributed by atoms with Crippen LogP contribution in [0.5, 0.6) is 5.75 Å². The van der Waals surface area contributed by atoms with Gasteiger partial charge in [0.05, 0.1) is 17.9 Å². The summed E-state index contributed by atoms with van der Waals surface area (Å²) in [4.78, 5) is 18.3. The third kappa shape index (κ3) is 1.69. The van der Waals surface area contributed by atoms with E-state index in [-0.39, 0.29) is 11.3 Å². The first-order valence-corrected chi connectivity index (χ1v) is 5.77. The number of H-pyrrole nitrogens is 1. The number of fused-ring (bicyclic) bond motifs is 1. The number of phenolic OH excluding ortho intramolecular Hbond substituents is 1. The second-order valence-electron chi connectivity index (χ2n) is 4.39. The Hall–Kier alpha value is -2.63. The van der Waals surface area contributed by atoms with Gasteiger partial charge in [0.25, 0.3) is 5.56 Å². The molecule has 0 bridgehead atoms. The lowest BCUT2D eigenvalue weighted by atomic mass is 10.0. The summed E-state index contributed by atoms with van der Waals surface area (Å²) in [5.41, 5.74) is 2.61. The van der Waals surface area contributed by atoms with Gasteiger partial charge in [-0.15, -0.1) is 0 Å². The molecule has 0 aliphatic carbocycles. The number of nitrogens with one attached hydrogen (secondary N) is 1. The van der Waals surface area contributed by atoms with Crippen molar-refractivity contribution in [2.75, 3.05) is 0 Å². The SMILES string of the molecule is Cc1c(-c2cc(O)c3nc[nH]c(=O)c3c2)cnn1C. The number of hydrogen-bond donors (Lipinski definition) is 2. The molecule has 0 saturated heterocycles. The van der Waals surface area contributed by atoms with Gasteiger partial charge in [-0.2, -0.15) is 5.10 Å². The van der Waals surface area contributed by atoms with Crippen LogP contribution < -0.4 is 5.56 Å². The fraction of sp³-hybridized carbons (Fsp3) is 0.154. The van der Waals surface area contributed by atoms with Crippen LogP contribution in [-0.2, 0) is 7.05 Å². The summed E-state index contributed by atoms with van der Waals surface area (Å²) < 4.78 is 1.74. The van der Waals surface area contributed by atoms with Crippen molar-refractivity contribution in [1.82, 2.24) is 19.7 Å². The highest BCUT2D eigenvalue weighted by atomic mass is 16.3. The summed E-state index contributed by atoms with van der Waals surface area (Å²) in [5.74, 6) is -0.0122. The van der Waals surface area contributed by atoms with Crippen LogP contribution >= 0.6 is 0 Å². The number of aryl methyl sites for hydroxylation is 1. The lowest BCUT2D eigenvalue weighted by molar-refractivity contribution is 0.480. The number of hydrogen-bond acceptors (Lipinski definition) is 4. The van der Waals surface area contributed by atoms with Crippen LogP contribution in [0.3, 0.4) is 0 Å². The molecule has 3 aromatic rings. The largest absolute Gasteiger partial charge is 0.506 e. The Morgan fingerprint density at radius 1 is 1.37 bits per heavy atom. The molecule has 2 aromatic heterocycles. The van der Waals surface area contributed by atoms with Crippen molar-refractivity contribution in [3.8, 4) is 16.9 Å². The van der Waals surface area contributed by atoms with Gasteiger partial charge in [-0.05, 0) is 24.6 Å². The van der Waals surface area contributed by atoms with E-state index in [4.69, 9.17) is 0 Å². The maximum absolute atomic E-state index is 11.8. The topological polar surface area (TPSA) is 83.8 Å². The molecule has 19 heavy (non-hydrogen) atoms. The summed E-state index contributed by atoms with van der Waals surface area (Å²) in [6, 6.07) is 3.31. The van der Waals surface area contributed by atoms with Gasteiger partial charge >= 0.3 is 0 Å². The molecule has 0 aliphatic heterocycles. The minimum absolute atomic E-state index is 0.0122. The summed E-state index contributed by atoms with van der Waals surface area (Å²) in [6.45, 7) is 1.93. The highest BCUT2D eigenvalue weighted by molar-refractivity contribution is 5.88. The molecule has 6 heteroatoms. The Labute approximate surface area is 108 Å². The second kappa shape index (κ2) is 3.94. The number of aromatic amines is 1. The third-order valence-corrected chi connectivity index (χ3v) is 3.27. The van der Waals surface area contributed by atoms with E-state index >= 15 is 0 Å². The summed E-state index contributed by atoms with van der Waals surface area (Å²) in [6.07, 6.45) is 2.99. The zero-order chi connectivity index (χ0) is 13.6. The molecule has 96 valence electrons. The van der Waals surface area contributed by atoms with E-state index in [1.54, 1.807) is 23.0 Å². The van der Waals surface area contributed by atoms with Gasteiger partial charge in [-0.25, -0.2) is 4.98 Å². The third-order valence-electron chi connectivity index (χ3n) is 3.27. The second-order valence-corrected chi connectivity index (χ2v) is 4.39. The van der Waals surface area contributed by atoms with Crippen LogP contribution in [0.15, 0.2) is 29.5 Å². The first-order valence-electron chi connectivity index (χ1n) is 5.77. The fourth-order valence-corrected chi connectivity index (χ4v) is 2.10. The lowest BCUT2D eigenvalue weighted by Gasteiger charge is -2.05. The summed E-state index contributed by atoms with van der Waals surface area (Å²) in [5, 5.41) is 14.5. The van der Waals surface area contributed by atoms with Gasteiger partial charge in [0, 0.05) is 18.3 Å². The van der Waals surface area contributed by atoms with Crippen LogP contribution in [0.1, 0.15) is 5.69 Å². The van der Waals surface area contributed by atoms with Crippen molar-refractivity contribution >= 4 is 10.9 Å². The van der Waals surface area contributed by atoms with Gasteiger partial charge < -0.3 is 10.1 Å². The van der Waals surface area contributed by atoms with E-state index in [2.05, 4.69) is 15.1 Å². The molecule has 0 unspecified atom stereocenters. The zero-order valence-corrected chi connectivity index (χ0v) is 10.5. The Morgan fingerprint density at radius 2 is 2.16 bits per heavy atom. The van der Waals surface area contributed by atoms with Crippen LogP contribution in [0.2, 0.25) is 0 Å². The van der Waals surface area contributed by atoms with Crippen molar-refractivity contribution in [2.45, 2.75) is 6.92 Å². The first-order chi connectivity index (χ1) is 9.08. The summed E-state index contributed by atoms with van der Waals surface area (Å²) in [7, 11) is 1.84. The molecule has 0 atom stereocenters. The van der Waals surface area contributed by atoms with Crippen molar-refractivity contribution < 1.29 is 5.11 Å². The predicted octanol–water partition coefficient (Wildman–Crippen LogP) is 1.34. The van der Waals surface area contributed by atoms with Crippen molar-refractivity contribution in [3.63, 3.8) is 0 Å². The van der Waals surface area contributed by atoms with E-state index in [1.165, 1.54) is 6.33 Å². The number of nitrogens with zero attached hydrogens (tertiary/aromatic N) is 3. The van der Waals surface area contributed by atoms with Crippen LogP contribution in [0.25, 0.3) is 22.0 Å². The van der Waals surface area contributed by atoms with E-state index in [0.717, 1.165) is 16.8 Å². The van der Waals surface area contributed by atoms with Gasteiger partial charge in [0.2, 0.25) is 0 Å². The minimum Gasteiger partial charge on any atom is -0.506 e. The molecule has 0 saturated carbocycles. The molecule has 2 heterocycles. The van der Waals surface area contributed by atoms with Crippen molar-refractivity contribution in [3.05, 3.63) is 40.7 Å². The zero-order valence-electron chi connectivity index (χ0n) is 10.5. The quantitative estimate of drug-likeness (QED) is 0.688. The maximum atomic E-state index is 11.8. The number of aromatic nitrogens is 4. The molecular weight excluding hydrogens is 244 g/mol. The Morgan fingerprint density at radius 3 is 2.84 bits per heavy atom. The average molecular weight is 256 g/mol. The van der Waals surface area contributed by atoms with Crippen LogP contribution in [-0.4, -0.2) is 24.9 Å². The van der Waals surface area contributed by atoms with Gasteiger partial charge in [-0.3, -0.25) is 9.48 Å². The van der Waals surface area contributed by atoms with Gasteiger partial charge in [-0.1, -0.05) is 0 Å². The minimum atomic E-state index is -0.274. The molecule has 0 spiro atoms. The van der Waals surface area contributed by atoms with Gasteiger partial charge in [0.1, 0.15) is 11.3 Å². The van der Waals surface area contributed by atoms with Crippen molar-refractivity contribution in [1.29, 1.82) is 0 Å². The summed E-state index contributed by atoms with van der Waals surface area (Å²) >= 11 is 0. The van der Waals surface area contributed by atoms with E-state index in [1.807, 2.05) is 14.0 Å². The molecule has 0 radical (unpaired) electrons. The fourth-order valence-electron chi connectivity index (χ4n) is 2.10. The monoisotopic (exact) mass is 256 g/mol. The molecule has 3 rings (SSSR count). The van der Waals surface area contributed by atoms with Crippen LogP contribution in [0, 0.1) is 6.92 Å². The molecule has 1 aromatic carbocycles. The Bertz CT molecular complexity index is 832. The number of aromatic hydroxyl groups is 1. The standard InChI is InChI=1S/C13H12N4O2/c1-7-10(5-16-17(7)2)8-3-9-12(11(18)4-8)14-6-15-13(9)19/h3-6,18H,1-2H3,(H,14,15,19). The highest BCUT2D eigenvalue weighted by Crippen LogP contribution is 2.30. The van der Waals surface area contributed by atoms with E-state index in [9.17, 15) is 9.90 Å². The maximum Gasteiger partial charge on any atom is 0.258 e. The highest BCUT2D eigenvalue weighted by Gasteiger charge is 2.12. The first kappa shape index (κ1) is 11.5. The lowest BCUT2D eigenvalue weighted by Crippen LogP contribution is -2.06.